The molecular formula is C20H25NO2S. The smallest absolute Gasteiger partial charge is 0.160 e. The second kappa shape index (κ2) is 7.08. The summed E-state index contributed by atoms with van der Waals surface area (Å²) in [6.45, 7) is 4.49. The van der Waals surface area contributed by atoms with E-state index in [4.69, 9.17) is 4.74 Å². The molecule has 1 aliphatic heterocycles. The molecule has 128 valence electrons. The molecule has 3 nitrogen and oxygen atoms in total. The molecule has 0 radical (unpaired) electrons. The summed E-state index contributed by atoms with van der Waals surface area (Å²) in [5, 5.41) is 14.1. The van der Waals surface area contributed by atoms with Crippen molar-refractivity contribution in [2.24, 2.45) is 0 Å². The molecule has 4 heteroatoms. The predicted octanol–water partition coefficient (Wildman–Crippen LogP) is 4.74. The Morgan fingerprint density at radius 2 is 1.92 bits per heavy atom. The predicted molar refractivity (Wildman–Crippen MR) is 100 cm³/mol. The molecule has 1 aliphatic rings. The fraction of sp³-hybridized carbons (Fsp3) is 0.400. The van der Waals surface area contributed by atoms with Crippen molar-refractivity contribution in [2.45, 2.75) is 43.2 Å². The molecular weight excluding hydrogens is 318 g/mol. The maximum Gasteiger partial charge on any atom is 0.160 e. The van der Waals surface area contributed by atoms with Crippen LogP contribution in [0.4, 0.5) is 0 Å². The van der Waals surface area contributed by atoms with Crippen LogP contribution < -0.4 is 10.1 Å². The molecule has 2 N–H and O–H groups in total. The van der Waals surface area contributed by atoms with Crippen molar-refractivity contribution < 1.29 is 9.84 Å². The molecule has 0 aliphatic carbocycles. The number of rotatable bonds is 4. The van der Waals surface area contributed by atoms with Gasteiger partial charge < -0.3 is 9.84 Å². The van der Waals surface area contributed by atoms with Crippen LogP contribution in [-0.4, -0.2) is 23.5 Å². The fourth-order valence-corrected chi connectivity index (χ4v) is 4.75. The van der Waals surface area contributed by atoms with Gasteiger partial charge in [0.1, 0.15) is 0 Å². The van der Waals surface area contributed by atoms with Crippen molar-refractivity contribution in [1.29, 1.82) is 0 Å². The van der Waals surface area contributed by atoms with Crippen LogP contribution in [0.3, 0.4) is 0 Å². The lowest BCUT2D eigenvalue weighted by atomic mass is 9.90. The van der Waals surface area contributed by atoms with E-state index < -0.39 is 0 Å². The Morgan fingerprint density at radius 3 is 2.54 bits per heavy atom. The van der Waals surface area contributed by atoms with Gasteiger partial charge in [-0.15, -0.1) is 11.8 Å². The van der Waals surface area contributed by atoms with E-state index in [0.29, 0.717) is 5.75 Å². The van der Waals surface area contributed by atoms with Gasteiger partial charge >= 0.3 is 0 Å². The van der Waals surface area contributed by atoms with Crippen molar-refractivity contribution in [3.63, 3.8) is 0 Å². The lowest BCUT2D eigenvalue weighted by Crippen LogP contribution is -2.47. The van der Waals surface area contributed by atoms with Crippen LogP contribution >= 0.6 is 11.8 Å². The molecule has 0 aromatic heterocycles. The average Bonchev–Trinajstić information content (AvgIpc) is 2.79. The van der Waals surface area contributed by atoms with Gasteiger partial charge in [0.05, 0.1) is 13.2 Å². The summed E-state index contributed by atoms with van der Waals surface area (Å²) in [5.74, 6) is 1.72. The zero-order valence-electron chi connectivity index (χ0n) is 14.5. The summed E-state index contributed by atoms with van der Waals surface area (Å²) in [6.07, 6.45) is 2.13. The SMILES string of the molecule is CCC1(CC)CSc2cc(O)c(OC)cc2C(c2ccccc2)N1. The first-order valence-corrected chi connectivity index (χ1v) is 9.47. The number of methoxy groups -OCH3 is 1. The minimum absolute atomic E-state index is 0.0764. The van der Waals surface area contributed by atoms with E-state index in [1.54, 1.807) is 7.11 Å². The van der Waals surface area contributed by atoms with Gasteiger partial charge in [0.15, 0.2) is 11.5 Å². The van der Waals surface area contributed by atoms with E-state index in [1.165, 1.54) is 11.1 Å². The van der Waals surface area contributed by atoms with E-state index in [-0.39, 0.29) is 17.3 Å². The summed E-state index contributed by atoms with van der Waals surface area (Å²) >= 11 is 1.82. The van der Waals surface area contributed by atoms with E-state index in [2.05, 4.69) is 43.4 Å². The van der Waals surface area contributed by atoms with Gasteiger partial charge in [0.25, 0.3) is 0 Å². The lowest BCUT2D eigenvalue weighted by Gasteiger charge is -2.35. The maximum absolute atomic E-state index is 10.2. The minimum Gasteiger partial charge on any atom is -0.504 e. The van der Waals surface area contributed by atoms with Crippen LogP contribution in [0.15, 0.2) is 47.4 Å². The van der Waals surface area contributed by atoms with Gasteiger partial charge in [-0.2, -0.15) is 0 Å². The Morgan fingerprint density at radius 1 is 1.21 bits per heavy atom. The molecule has 0 saturated carbocycles. The monoisotopic (exact) mass is 343 g/mol. The summed E-state index contributed by atoms with van der Waals surface area (Å²) in [7, 11) is 1.60. The lowest BCUT2D eigenvalue weighted by molar-refractivity contribution is 0.315. The van der Waals surface area contributed by atoms with Crippen LogP contribution in [0.1, 0.15) is 43.9 Å². The van der Waals surface area contributed by atoms with Gasteiger partial charge in [-0.25, -0.2) is 0 Å². The number of phenolic OH excluding ortho intramolecular Hbond substituents is 1. The minimum atomic E-state index is 0.0764. The third-order valence-corrected chi connectivity index (χ3v) is 6.42. The number of hydrogen-bond acceptors (Lipinski definition) is 4. The van der Waals surface area contributed by atoms with E-state index >= 15 is 0 Å². The zero-order chi connectivity index (χ0) is 17.2. The van der Waals surface area contributed by atoms with Crippen molar-refractivity contribution >= 4 is 11.8 Å². The van der Waals surface area contributed by atoms with Gasteiger partial charge in [-0.1, -0.05) is 44.2 Å². The molecule has 0 amide bonds. The molecule has 2 aromatic carbocycles. The number of aromatic hydroxyl groups is 1. The van der Waals surface area contributed by atoms with Crippen molar-refractivity contribution in [2.75, 3.05) is 12.9 Å². The second-order valence-electron chi connectivity index (χ2n) is 6.33. The number of hydrogen-bond donors (Lipinski definition) is 2. The van der Waals surface area contributed by atoms with E-state index in [0.717, 1.165) is 23.5 Å². The summed E-state index contributed by atoms with van der Waals surface area (Å²) < 4.78 is 5.35. The molecule has 2 aromatic rings. The first-order chi connectivity index (χ1) is 11.6. The Bertz CT molecular complexity index is 698. The molecule has 0 saturated heterocycles. The molecule has 24 heavy (non-hydrogen) atoms. The molecule has 1 heterocycles. The highest BCUT2D eigenvalue weighted by molar-refractivity contribution is 7.99. The summed E-state index contributed by atoms with van der Waals surface area (Å²) in [6, 6.07) is 14.4. The number of nitrogens with one attached hydrogen (secondary N) is 1. The van der Waals surface area contributed by atoms with Crippen LogP contribution in [-0.2, 0) is 0 Å². The fourth-order valence-electron chi connectivity index (χ4n) is 3.29. The van der Waals surface area contributed by atoms with Crippen LogP contribution in [0.5, 0.6) is 11.5 Å². The normalized spacial score (nSPS) is 19.4. The summed E-state index contributed by atoms with van der Waals surface area (Å²) in [4.78, 5) is 1.12. The Kier molecular flexibility index (Phi) is 5.07. The Labute approximate surface area is 148 Å². The van der Waals surface area contributed by atoms with Gasteiger partial charge in [0, 0.05) is 16.2 Å². The number of benzene rings is 2. The maximum atomic E-state index is 10.2. The quantitative estimate of drug-likeness (QED) is 0.841. The van der Waals surface area contributed by atoms with Gasteiger partial charge in [0.2, 0.25) is 0 Å². The third kappa shape index (κ3) is 3.13. The summed E-state index contributed by atoms with van der Waals surface area (Å²) in [5.41, 5.74) is 2.48. The van der Waals surface area contributed by atoms with E-state index in [1.807, 2.05) is 30.0 Å². The average molecular weight is 343 g/mol. The van der Waals surface area contributed by atoms with Crippen molar-refractivity contribution in [3.05, 3.63) is 53.6 Å². The molecule has 0 spiro atoms. The molecule has 0 fully saturated rings. The number of fused-ring (bicyclic) bond motifs is 1. The Hall–Kier alpha value is -1.65. The molecule has 3 rings (SSSR count). The molecule has 0 bridgehead atoms. The van der Waals surface area contributed by atoms with Crippen LogP contribution in [0, 0.1) is 0 Å². The van der Waals surface area contributed by atoms with Gasteiger partial charge in [-0.05, 0) is 36.1 Å². The number of ether oxygens (including phenoxy) is 1. The number of thioether (sulfide) groups is 1. The topological polar surface area (TPSA) is 41.5 Å². The largest absolute Gasteiger partial charge is 0.504 e. The first kappa shape index (κ1) is 17.2. The molecule has 1 unspecified atom stereocenters. The van der Waals surface area contributed by atoms with Crippen LogP contribution in [0.25, 0.3) is 0 Å². The molecule has 1 atom stereocenters. The van der Waals surface area contributed by atoms with E-state index in [9.17, 15) is 5.11 Å². The standard InChI is InChI=1S/C20H25NO2S/c1-4-20(5-2)13-24-18-12-16(22)17(23-3)11-15(18)19(21-20)14-9-7-6-8-10-14/h6-12,19,21-22H,4-5,13H2,1-3H3. The first-order valence-electron chi connectivity index (χ1n) is 8.49. The second-order valence-corrected chi connectivity index (χ2v) is 7.34. The third-order valence-electron chi connectivity index (χ3n) is 5.06. The zero-order valence-corrected chi connectivity index (χ0v) is 15.3. The van der Waals surface area contributed by atoms with Gasteiger partial charge in [-0.3, -0.25) is 5.32 Å². The van der Waals surface area contributed by atoms with Crippen molar-refractivity contribution in [1.82, 2.24) is 5.32 Å². The number of phenols is 1. The highest BCUT2D eigenvalue weighted by Gasteiger charge is 2.35. The van der Waals surface area contributed by atoms with Crippen LogP contribution in [0.2, 0.25) is 0 Å². The highest BCUT2D eigenvalue weighted by Crippen LogP contribution is 2.44. The highest BCUT2D eigenvalue weighted by atomic mass is 32.2. The van der Waals surface area contributed by atoms with Crippen molar-refractivity contribution in [3.8, 4) is 11.5 Å². The Balaban J connectivity index is 2.15.